The quantitative estimate of drug-likeness (QED) is 0.767. The van der Waals surface area contributed by atoms with Crippen LogP contribution in [0, 0.1) is 0 Å². The van der Waals surface area contributed by atoms with E-state index in [1.807, 2.05) is 30.3 Å². The van der Waals surface area contributed by atoms with E-state index in [-0.39, 0.29) is 18.8 Å². The van der Waals surface area contributed by atoms with Crippen molar-refractivity contribution in [3.63, 3.8) is 0 Å². The van der Waals surface area contributed by atoms with Gasteiger partial charge in [-0.25, -0.2) is 0 Å². The maximum absolute atomic E-state index is 8.84. The van der Waals surface area contributed by atoms with Crippen molar-refractivity contribution < 1.29 is 14.6 Å². The van der Waals surface area contributed by atoms with Crippen LogP contribution in [0.3, 0.4) is 0 Å². The van der Waals surface area contributed by atoms with Gasteiger partial charge < -0.3 is 14.6 Å². The summed E-state index contributed by atoms with van der Waals surface area (Å²) in [5, 5.41) is 8.84. The summed E-state index contributed by atoms with van der Waals surface area (Å²) in [4.78, 5) is 0. The summed E-state index contributed by atoms with van der Waals surface area (Å²) in [6.07, 6.45) is -0.144. The number of hydrogen-bond acceptors (Lipinski definition) is 3. The Labute approximate surface area is 83.3 Å². The monoisotopic (exact) mass is 194 g/mol. The van der Waals surface area contributed by atoms with Crippen molar-refractivity contribution in [3.05, 3.63) is 35.9 Å². The van der Waals surface area contributed by atoms with Crippen molar-refractivity contribution in [2.75, 3.05) is 19.8 Å². The van der Waals surface area contributed by atoms with Gasteiger partial charge >= 0.3 is 0 Å². The average Bonchev–Trinajstić information content (AvgIpc) is 2.30. The summed E-state index contributed by atoms with van der Waals surface area (Å²) in [7, 11) is 0. The fraction of sp³-hybridized carbons (Fsp3) is 0.455. The molecule has 1 N–H and O–H groups in total. The molecule has 0 aliphatic carbocycles. The molecule has 2 unspecified atom stereocenters. The Kier molecular flexibility index (Phi) is 3.14. The standard InChI is InChI=1S/C11H14O3/c12-6-10-7-14-11(8-13-10)9-4-2-1-3-5-9/h1-5,10-12H,6-8H2. The maximum Gasteiger partial charge on any atom is 0.106 e. The molecule has 0 spiro atoms. The normalized spacial score (nSPS) is 27.5. The van der Waals surface area contributed by atoms with Gasteiger partial charge in [0, 0.05) is 0 Å². The van der Waals surface area contributed by atoms with Gasteiger partial charge in [0.05, 0.1) is 19.8 Å². The molecular weight excluding hydrogens is 180 g/mol. The highest BCUT2D eigenvalue weighted by atomic mass is 16.6. The largest absolute Gasteiger partial charge is 0.394 e. The van der Waals surface area contributed by atoms with Gasteiger partial charge in [0.25, 0.3) is 0 Å². The highest BCUT2D eigenvalue weighted by Crippen LogP contribution is 2.22. The van der Waals surface area contributed by atoms with E-state index in [4.69, 9.17) is 14.6 Å². The van der Waals surface area contributed by atoms with Crippen LogP contribution < -0.4 is 0 Å². The summed E-state index contributed by atoms with van der Waals surface area (Å²) < 4.78 is 11.0. The molecule has 2 atom stereocenters. The molecule has 1 aromatic carbocycles. The Bertz CT molecular complexity index is 265. The zero-order valence-corrected chi connectivity index (χ0v) is 7.93. The number of benzene rings is 1. The van der Waals surface area contributed by atoms with Gasteiger partial charge in [-0.05, 0) is 5.56 Å². The molecule has 1 fully saturated rings. The minimum absolute atomic E-state index is 0.0130. The third-order valence-electron chi connectivity index (χ3n) is 2.34. The van der Waals surface area contributed by atoms with Crippen LogP contribution in [0.2, 0.25) is 0 Å². The van der Waals surface area contributed by atoms with Crippen LogP contribution >= 0.6 is 0 Å². The van der Waals surface area contributed by atoms with Gasteiger partial charge in [-0.1, -0.05) is 30.3 Å². The number of hydrogen-bond donors (Lipinski definition) is 1. The topological polar surface area (TPSA) is 38.7 Å². The predicted octanol–water partition coefficient (Wildman–Crippen LogP) is 1.14. The van der Waals surface area contributed by atoms with Crippen molar-refractivity contribution in [1.29, 1.82) is 0 Å². The Morgan fingerprint density at radius 3 is 2.50 bits per heavy atom. The first-order valence-corrected chi connectivity index (χ1v) is 4.79. The second-order valence-electron chi connectivity index (χ2n) is 3.37. The number of rotatable bonds is 2. The van der Waals surface area contributed by atoms with Gasteiger partial charge in [-0.15, -0.1) is 0 Å². The summed E-state index contributed by atoms with van der Waals surface area (Å²) in [5.74, 6) is 0. The predicted molar refractivity (Wildman–Crippen MR) is 52.0 cm³/mol. The second-order valence-corrected chi connectivity index (χ2v) is 3.37. The lowest BCUT2D eigenvalue weighted by molar-refractivity contribution is -0.147. The third-order valence-corrected chi connectivity index (χ3v) is 2.34. The van der Waals surface area contributed by atoms with Gasteiger partial charge in [0.2, 0.25) is 0 Å². The highest BCUT2D eigenvalue weighted by Gasteiger charge is 2.22. The minimum Gasteiger partial charge on any atom is -0.394 e. The van der Waals surface area contributed by atoms with Crippen LogP contribution in [0.25, 0.3) is 0 Å². The van der Waals surface area contributed by atoms with Crippen molar-refractivity contribution in [2.24, 2.45) is 0 Å². The Hall–Kier alpha value is -0.900. The van der Waals surface area contributed by atoms with Crippen LogP contribution in [0.1, 0.15) is 11.7 Å². The van der Waals surface area contributed by atoms with E-state index in [1.54, 1.807) is 0 Å². The fourth-order valence-corrected chi connectivity index (χ4v) is 1.51. The molecule has 0 radical (unpaired) electrons. The molecule has 76 valence electrons. The first-order valence-electron chi connectivity index (χ1n) is 4.79. The van der Waals surface area contributed by atoms with Crippen LogP contribution in [-0.4, -0.2) is 31.0 Å². The molecule has 0 saturated carbocycles. The van der Waals surface area contributed by atoms with E-state index < -0.39 is 0 Å². The van der Waals surface area contributed by atoms with Crippen LogP contribution in [0.15, 0.2) is 30.3 Å². The van der Waals surface area contributed by atoms with Gasteiger partial charge in [-0.2, -0.15) is 0 Å². The van der Waals surface area contributed by atoms with Gasteiger partial charge in [0.1, 0.15) is 12.2 Å². The molecule has 1 aliphatic heterocycles. The molecule has 3 heteroatoms. The Morgan fingerprint density at radius 2 is 1.93 bits per heavy atom. The zero-order chi connectivity index (χ0) is 9.80. The smallest absolute Gasteiger partial charge is 0.106 e. The zero-order valence-electron chi connectivity index (χ0n) is 7.93. The summed E-state index contributed by atoms with van der Waals surface area (Å²) in [6, 6.07) is 9.98. The SMILES string of the molecule is OCC1COC(c2ccccc2)CO1. The highest BCUT2D eigenvalue weighted by molar-refractivity contribution is 5.17. The van der Waals surface area contributed by atoms with Crippen molar-refractivity contribution in [1.82, 2.24) is 0 Å². The lowest BCUT2D eigenvalue weighted by Gasteiger charge is -2.28. The Morgan fingerprint density at radius 1 is 1.14 bits per heavy atom. The van der Waals surface area contributed by atoms with Crippen LogP contribution in [-0.2, 0) is 9.47 Å². The maximum atomic E-state index is 8.84. The average molecular weight is 194 g/mol. The molecule has 2 rings (SSSR count). The fourth-order valence-electron chi connectivity index (χ4n) is 1.51. The van der Waals surface area contributed by atoms with E-state index in [9.17, 15) is 0 Å². The van der Waals surface area contributed by atoms with E-state index >= 15 is 0 Å². The van der Waals surface area contributed by atoms with Crippen LogP contribution in [0.4, 0.5) is 0 Å². The third kappa shape index (κ3) is 2.12. The number of ether oxygens (including phenoxy) is 2. The first-order chi connectivity index (χ1) is 6.90. The first kappa shape index (κ1) is 9.65. The summed E-state index contributed by atoms with van der Waals surface area (Å²) in [5.41, 5.74) is 1.13. The lowest BCUT2D eigenvalue weighted by atomic mass is 10.1. The lowest BCUT2D eigenvalue weighted by Crippen LogP contribution is -2.33. The van der Waals surface area contributed by atoms with Gasteiger partial charge in [-0.3, -0.25) is 0 Å². The molecular formula is C11H14O3. The molecule has 1 aromatic rings. The van der Waals surface area contributed by atoms with Crippen molar-refractivity contribution in [3.8, 4) is 0 Å². The van der Waals surface area contributed by atoms with Crippen molar-refractivity contribution in [2.45, 2.75) is 12.2 Å². The summed E-state index contributed by atoms with van der Waals surface area (Å²) in [6.45, 7) is 1.02. The minimum atomic E-state index is -0.157. The molecule has 0 aromatic heterocycles. The molecule has 1 saturated heterocycles. The second kappa shape index (κ2) is 4.55. The molecule has 3 nitrogen and oxygen atoms in total. The molecule has 0 amide bonds. The Balaban J connectivity index is 1.96. The molecule has 1 aliphatic rings. The van der Waals surface area contributed by atoms with E-state index in [0.717, 1.165) is 5.56 Å². The van der Waals surface area contributed by atoms with E-state index in [0.29, 0.717) is 13.2 Å². The molecule has 1 heterocycles. The van der Waals surface area contributed by atoms with Gasteiger partial charge in [0.15, 0.2) is 0 Å². The summed E-state index contributed by atoms with van der Waals surface area (Å²) >= 11 is 0. The van der Waals surface area contributed by atoms with Crippen molar-refractivity contribution >= 4 is 0 Å². The van der Waals surface area contributed by atoms with Crippen LogP contribution in [0.5, 0.6) is 0 Å². The van der Waals surface area contributed by atoms with E-state index in [2.05, 4.69) is 0 Å². The molecule has 14 heavy (non-hydrogen) atoms. The van der Waals surface area contributed by atoms with E-state index in [1.165, 1.54) is 0 Å². The molecule has 0 bridgehead atoms. The number of aliphatic hydroxyl groups excluding tert-OH is 1. The number of aliphatic hydroxyl groups is 1.